The molecule has 1 aliphatic heterocycles. The summed E-state index contributed by atoms with van der Waals surface area (Å²) in [5.74, 6) is -0.117. The van der Waals surface area contributed by atoms with Crippen LogP contribution >= 0.6 is 0 Å². The molecule has 62 valence electrons. The van der Waals surface area contributed by atoms with Gasteiger partial charge in [-0.15, -0.1) is 0 Å². The van der Waals surface area contributed by atoms with Crippen LogP contribution in [-0.4, -0.2) is 5.97 Å². The minimum Gasteiger partial charge on any atom is -0.461 e. The number of carbonyl (C=O) groups excluding carboxylic acids is 1. The van der Waals surface area contributed by atoms with E-state index in [1.165, 1.54) is 11.1 Å². The zero-order chi connectivity index (χ0) is 8.55. The normalized spacial score (nSPS) is 15.2. The number of hydrogen-bond acceptors (Lipinski definition) is 2. The van der Waals surface area contributed by atoms with E-state index in [1.807, 2.05) is 25.1 Å². The van der Waals surface area contributed by atoms with Crippen molar-refractivity contribution in [1.29, 1.82) is 0 Å². The summed E-state index contributed by atoms with van der Waals surface area (Å²) in [4.78, 5) is 10.9. The molecule has 0 spiro atoms. The van der Waals surface area contributed by atoms with Gasteiger partial charge in [0.15, 0.2) is 0 Å². The Kier molecular flexibility index (Phi) is 1.61. The molecule has 0 saturated heterocycles. The van der Waals surface area contributed by atoms with Crippen molar-refractivity contribution < 1.29 is 9.53 Å². The Morgan fingerprint density at radius 2 is 2.25 bits per heavy atom. The SMILES string of the molecule is Cc1cccc2c1COC(=O)C2. The number of fused-ring (bicyclic) bond motifs is 1. The second-order valence-electron chi connectivity index (χ2n) is 3.05. The molecular weight excluding hydrogens is 152 g/mol. The summed E-state index contributed by atoms with van der Waals surface area (Å²) in [6, 6.07) is 6.01. The summed E-state index contributed by atoms with van der Waals surface area (Å²) >= 11 is 0. The molecule has 0 unspecified atom stereocenters. The average Bonchev–Trinajstić information content (AvgIpc) is 2.04. The lowest BCUT2D eigenvalue weighted by Gasteiger charge is -2.17. The van der Waals surface area contributed by atoms with Gasteiger partial charge in [0, 0.05) is 0 Å². The van der Waals surface area contributed by atoms with Gasteiger partial charge in [0.2, 0.25) is 0 Å². The third-order valence-corrected chi connectivity index (χ3v) is 2.22. The molecule has 0 atom stereocenters. The quantitative estimate of drug-likeness (QED) is 0.541. The summed E-state index contributed by atoms with van der Waals surface area (Å²) in [7, 11) is 0. The predicted octanol–water partition coefficient (Wildman–Crippen LogP) is 1.59. The number of hydrogen-bond donors (Lipinski definition) is 0. The standard InChI is InChI=1S/C10H10O2/c1-7-3-2-4-8-5-10(11)12-6-9(7)8/h2-4H,5-6H2,1H3. The van der Waals surface area contributed by atoms with Crippen LogP contribution in [0.3, 0.4) is 0 Å². The highest BCUT2D eigenvalue weighted by atomic mass is 16.5. The number of esters is 1. The highest BCUT2D eigenvalue weighted by Crippen LogP contribution is 2.20. The van der Waals surface area contributed by atoms with Crippen molar-refractivity contribution in [2.75, 3.05) is 0 Å². The van der Waals surface area contributed by atoms with Gasteiger partial charge in [-0.1, -0.05) is 18.2 Å². The molecule has 2 rings (SSSR count). The number of cyclic esters (lactones) is 1. The maximum atomic E-state index is 10.9. The van der Waals surface area contributed by atoms with E-state index in [4.69, 9.17) is 4.74 Å². The smallest absolute Gasteiger partial charge is 0.310 e. The molecule has 1 aliphatic rings. The highest BCUT2D eigenvalue weighted by Gasteiger charge is 2.16. The van der Waals surface area contributed by atoms with Gasteiger partial charge in [0.1, 0.15) is 6.61 Å². The molecule has 1 aromatic carbocycles. The zero-order valence-corrected chi connectivity index (χ0v) is 6.96. The van der Waals surface area contributed by atoms with E-state index in [0.717, 1.165) is 5.56 Å². The third kappa shape index (κ3) is 1.09. The van der Waals surface area contributed by atoms with Gasteiger partial charge < -0.3 is 4.74 Å². The van der Waals surface area contributed by atoms with Crippen LogP contribution < -0.4 is 0 Å². The van der Waals surface area contributed by atoms with Gasteiger partial charge in [0.25, 0.3) is 0 Å². The van der Waals surface area contributed by atoms with Gasteiger partial charge in [-0.2, -0.15) is 0 Å². The molecule has 2 nitrogen and oxygen atoms in total. The molecular formula is C10H10O2. The first-order valence-electron chi connectivity index (χ1n) is 4.00. The summed E-state index contributed by atoms with van der Waals surface area (Å²) in [6.45, 7) is 2.48. The Morgan fingerprint density at radius 3 is 3.08 bits per heavy atom. The molecule has 0 N–H and O–H groups in total. The summed E-state index contributed by atoms with van der Waals surface area (Å²) in [5, 5.41) is 0. The van der Waals surface area contributed by atoms with Crippen molar-refractivity contribution in [1.82, 2.24) is 0 Å². The van der Waals surface area contributed by atoms with Crippen LogP contribution in [-0.2, 0) is 22.6 Å². The van der Waals surface area contributed by atoms with E-state index in [-0.39, 0.29) is 5.97 Å². The highest BCUT2D eigenvalue weighted by molar-refractivity contribution is 5.74. The molecule has 0 amide bonds. The minimum atomic E-state index is -0.117. The van der Waals surface area contributed by atoms with Crippen LogP contribution in [0.4, 0.5) is 0 Å². The summed E-state index contributed by atoms with van der Waals surface area (Å²) < 4.78 is 4.95. The average molecular weight is 162 g/mol. The van der Waals surface area contributed by atoms with Crippen molar-refractivity contribution in [2.45, 2.75) is 20.0 Å². The monoisotopic (exact) mass is 162 g/mol. The van der Waals surface area contributed by atoms with E-state index < -0.39 is 0 Å². The van der Waals surface area contributed by atoms with Crippen molar-refractivity contribution in [3.63, 3.8) is 0 Å². The van der Waals surface area contributed by atoms with Gasteiger partial charge in [0.05, 0.1) is 6.42 Å². The Balaban J connectivity index is 2.48. The largest absolute Gasteiger partial charge is 0.461 e. The summed E-state index contributed by atoms with van der Waals surface area (Å²) in [5.41, 5.74) is 3.50. The van der Waals surface area contributed by atoms with E-state index >= 15 is 0 Å². The van der Waals surface area contributed by atoms with Crippen LogP contribution in [0.15, 0.2) is 18.2 Å². The van der Waals surface area contributed by atoms with Crippen molar-refractivity contribution >= 4 is 5.97 Å². The lowest BCUT2D eigenvalue weighted by molar-refractivity contribution is -0.145. The van der Waals surface area contributed by atoms with Crippen LogP contribution in [0.2, 0.25) is 0 Å². The molecule has 12 heavy (non-hydrogen) atoms. The van der Waals surface area contributed by atoms with Crippen molar-refractivity contribution in [2.24, 2.45) is 0 Å². The van der Waals surface area contributed by atoms with E-state index in [1.54, 1.807) is 0 Å². The minimum absolute atomic E-state index is 0.117. The van der Waals surface area contributed by atoms with Crippen LogP contribution in [0.5, 0.6) is 0 Å². The molecule has 0 radical (unpaired) electrons. The fourth-order valence-electron chi connectivity index (χ4n) is 1.49. The first-order valence-corrected chi connectivity index (χ1v) is 4.00. The molecule has 0 saturated carbocycles. The lowest BCUT2D eigenvalue weighted by Crippen LogP contribution is -2.16. The van der Waals surface area contributed by atoms with Gasteiger partial charge >= 0.3 is 5.97 Å². The molecule has 0 fully saturated rings. The lowest BCUT2D eigenvalue weighted by atomic mass is 9.99. The second kappa shape index (κ2) is 2.63. The van der Waals surface area contributed by atoms with Gasteiger partial charge in [-0.05, 0) is 23.6 Å². The molecule has 2 heteroatoms. The molecule has 1 heterocycles. The fraction of sp³-hybridized carbons (Fsp3) is 0.300. The van der Waals surface area contributed by atoms with Crippen LogP contribution in [0, 0.1) is 6.92 Å². The number of carbonyl (C=O) groups is 1. The Bertz CT molecular complexity index is 329. The number of ether oxygens (including phenoxy) is 1. The van der Waals surface area contributed by atoms with Gasteiger partial charge in [-0.25, -0.2) is 0 Å². The maximum absolute atomic E-state index is 10.9. The molecule has 0 aliphatic carbocycles. The number of aryl methyl sites for hydroxylation is 1. The van der Waals surface area contributed by atoms with Crippen molar-refractivity contribution in [3.05, 3.63) is 34.9 Å². The van der Waals surface area contributed by atoms with E-state index in [2.05, 4.69) is 0 Å². The molecule has 0 aromatic heterocycles. The zero-order valence-electron chi connectivity index (χ0n) is 6.96. The topological polar surface area (TPSA) is 26.3 Å². The van der Waals surface area contributed by atoms with Crippen LogP contribution in [0.1, 0.15) is 16.7 Å². The first-order chi connectivity index (χ1) is 5.77. The van der Waals surface area contributed by atoms with E-state index in [9.17, 15) is 4.79 Å². The predicted molar refractivity (Wildman–Crippen MR) is 44.7 cm³/mol. The Labute approximate surface area is 71.2 Å². The number of rotatable bonds is 0. The molecule has 0 bridgehead atoms. The third-order valence-electron chi connectivity index (χ3n) is 2.22. The first kappa shape index (κ1) is 7.35. The maximum Gasteiger partial charge on any atom is 0.310 e. The van der Waals surface area contributed by atoms with Crippen LogP contribution in [0.25, 0.3) is 0 Å². The number of benzene rings is 1. The Morgan fingerprint density at radius 1 is 1.42 bits per heavy atom. The van der Waals surface area contributed by atoms with Gasteiger partial charge in [-0.3, -0.25) is 4.79 Å². The summed E-state index contributed by atoms with van der Waals surface area (Å²) in [6.07, 6.45) is 0.428. The second-order valence-corrected chi connectivity index (χ2v) is 3.05. The van der Waals surface area contributed by atoms with Crippen molar-refractivity contribution in [3.8, 4) is 0 Å². The molecule has 1 aromatic rings. The van der Waals surface area contributed by atoms with E-state index in [0.29, 0.717) is 13.0 Å². The Hall–Kier alpha value is -1.31. The fourth-order valence-corrected chi connectivity index (χ4v) is 1.49.